The molecular formula is C24H24Cl2N6O3. The van der Waals surface area contributed by atoms with Crippen LogP contribution in [-0.4, -0.2) is 56.3 Å². The molecule has 0 saturated carbocycles. The van der Waals surface area contributed by atoms with E-state index >= 15 is 0 Å². The number of fused-ring (bicyclic) bond motifs is 1. The van der Waals surface area contributed by atoms with Gasteiger partial charge in [0, 0.05) is 37.3 Å². The van der Waals surface area contributed by atoms with Gasteiger partial charge in [0.25, 0.3) is 5.56 Å². The van der Waals surface area contributed by atoms with Crippen LogP contribution in [0.15, 0.2) is 23.1 Å². The lowest BCUT2D eigenvalue weighted by Gasteiger charge is -2.40. The van der Waals surface area contributed by atoms with Crippen molar-refractivity contribution in [3.63, 3.8) is 0 Å². The molecule has 1 amide bonds. The van der Waals surface area contributed by atoms with Crippen molar-refractivity contribution in [3.8, 4) is 11.8 Å². The van der Waals surface area contributed by atoms with E-state index in [0.29, 0.717) is 29.0 Å². The molecule has 0 spiro atoms. The smallest absolute Gasteiger partial charge is 0.407 e. The average molecular weight is 515 g/mol. The molecule has 0 aromatic carbocycles. The van der Waals surface area contributed by atoms with Gasteiger partial charge in [-0.3, -0.25) is 14.3 Å². The third-order valence-electron chi connectivity index (χ3n) is 6.26. The van der Waals surface area contributed by atoms with E-state index in [9.17, 15) is 20.0 Å². The molecule has 1 N–H and O–H groups in total. The number of rotatable bonds is 3. The second-order valence-electron chi connectivity index (χ2n) is 8.90. The Labute approximate surface area is 212 Å². The highest BCUT2D eigenvalue weighted by Gasteiger charge is 2.32. The summed E-state index contributed by atoms with van der Waals surface area (Å²) >= 11 is 12.7. The SMILES string of the molecule is Cc1ccnc(C(C)C)c1-n1c(=O)c(C#N)c(N2CCN(C(=O)O)CC2C)c2cc(Cl)c(Cl)nc21. The number of amides is 1. The molecule has 4 heterocycles. The van der Waals surface area contributed by atoms with Crippen molar-refractivity contribution in [2.45, 2.75) is 39.7 Å². The first kappa shape index (κ1) is 24.8. The van der Waals surface area contributed by atoms with Crippen LogP contribution in [0.4, 0.5) is 10.5 Å². The number of hydrogen-bond acceptors (Lipinski definition) is 6. The fraction of sp³-hybridized carbons (Fsp3) is 0.375. The zero-order valence-electron chi connectivity index (χ0n) is 19.7. The molecule has 0 radical (unpaired) electrons. The second-order valence-corrected chi connectivity index (χ2v) is 9.66. The standard InChI is InChI=1S/C24H24Cl2N6O3/c1-12(2)18-19(13(3)5-6-28-18)32-22-15(9-17(25)21(26)29-22)20(16(10-27)23(32)33)31-8-7-30(24(34)35)11-14(31)4/h5-6,9,12,14H,7-8,11H2,1-4H3,(H,34,35). The van der Waals surface area contributed by atoms with Gasteiger partial charge in [-0.15, -0.1) is 0 Å². The van der Waals surface area contributed by atoms with E-state index in [1.54, 1.807) is 18.3 Å². The van der Waals surface area contributed by atoms with Gasteiger partial charge in [0.1, 0.15) is 16.8 Å². The van der Waals surface area contributed by atoms with Crippen LogP contribution < -0.4 is 10.5 Å². The highest BCUT2D eigenvalue weighted by Crippen LogP contribution is 2.36. The number of aromatic nitrogens is 3. The van der Waals surface area contributed by atoms with Crippen LogP contribution >= 0.6 is 23.2 Å². The van der Waals surface area contributed by atoms with Gasteiger partial charge in [0.15, 0.2) is 5.65 Å². The van der Waals surface area contributed by atoms with Gasteiger partial charge in [-0.25, -0.2) is 9.78 Å². The quantitative estimate of drug-likeness (QED) is 0.508. The first-order chi connectivity index (χ1) is 16.6. The fourth-order valence-corrected chi connectivity index (χ4v) is 4.89. The van der Waals surface area contributed by atoms with Crippen LogP contribution in [0, 0.1) is 18.3 Å². The van der Waals surface area contributed by atoms with Crippen LogP contribution in [0.1, 0.15) is 43.5 Å². The summed E-state index contributed by atoms with van der Waals surface area (Å²) in [6.07, 6.45) is 0.670. The second kappa shape index (κ2) is 9.36. The molecule has 3 aromatic rings. The number of hydrogen-bond donors (Lipinski definition) is 1. The molecule has 1 aliphatic heterocycles. The Morgan fingerprint density at radius 3 is 2.60 bits per heavy atom. The van der Waals surface area contributed by atoms with Gasteiger partial charge in [0.2, 0.25) is 0 Å². The molecule has 1 unspecified atom stereocenters. The van der Waals surface area contributed by atoms with E-state index in [-0.39, 0.29) is 46.4 Å². The predicted molar refractivity (Wildman–Crippen MR) is 135 cm³/mol. The summed E-state index contributed by atoms with van der Waals surface area (Å²) in [5.41, 5.74) is 2.03. The minimum absolute atomic E-state index is 0.0102. The van der Waals surface area contributed by atoms with Crippen molar-refractivity contribution in [1.29, 1.82) is 5.26 Å². The zero-order valence-corrected chi connectivity index (χ0v) is 21.2. The lowest BCUT2D eigenvalue weighted by molar-refractivity contribution is 0.136. The number of piperazine rings is 1. The van der Waals surface area contributed by atoms with Gasteiger partial charge in [0.05, 0.1) is 22.1 Å². The molecule has 1 fully saturated rings. The maximum Gasteiger partial charge on any atom is 0.407 e. The minimum Gasteiger partial charge on any atom is -0.465 e. The van der Waals surface area contributed by atoms with E-state index in [2.05, 4.69) is 16.0 Å². The van der Waals surface area contributed by atoms with E-state index < -0.39 is 11.7 Å². The average Bonchev–Trinajstić information content (AvgIpc) is 2.80. The summed E-state index contributed by atoms with van der Waals surface area (Å²) in [5.74, 6) is -0.0102. The molecule has 11 heteroatoms. The summed E-state index contributed by atoms with van der Waals surface area (Å²) in [7, 11) is 0. The zero-order chi connectivity index (χ0) is 25.6. The van der Waals surface area contributed by atoms with Crippen LogP contribution in [0.5, 0.6) is 0 Å². The Kier molecular flexibility index (Phi) is 6.62. The van der Waals surface area contributed by atoms with Crippen molar-refractivity contribution in [1.82, 2.24) is 19.4 Å². The van der Waals surface area contributed by atoms with Crippen LogP contribution in [0.2, 0.25) is 10.2 Å². The topological polar surface area (TPSA) is 115 Å². The molecular weight excluding hydrogens is 491 g/mol. The van der Waals surface area contributed by atoms with Crippen LogP contribution in [-0.2, 0) is 0 Å². The summed E-state index contributed by atoms with van der Waals surface area (Å²) < 4.78 is 1.40. The van der Waals surface area contributed by atoms with Crippen molar-refractivity contribution >= 4 is 46.0 Å². The Morgan fingerprint density at radius 1 is 1.29 bits per heavy atom. The first-order valence-corrected chi connectivity index (χ1v) is 11.9. The van der Waals surface area contributed by atoms with Gasteiger partial charge in [-0.2, -0.15) is 5.26 Å². The number of aryl methyl sites for hydroxylation is 1. The molecule has 0 aliphatic carbocycles. The van der Waals surface area contributed by atoms with E-state index in [1.165, 1.54) is 9.47 Å². The molecule has 1 saturated heterocycles. The largest absolute Gasteiger partial charge is 0.465 e. The Bertz CT molecular complexity index is 1450. The third kappa shape index (κ3) is 4.17. The number of anilines is 1. The molecule has 4 rings (SSSR count). The minimum atomic E-state index is -1.01. The lowest BCUT2D eigenvalue weighted by Crippen LogP contribution is -2.54. The first-order valence-electron chi connectivity index (χ1n) is 11.1. The number of pyridine rings is 3. The van der Waals surface area contributed by atoms with Crippen molar-refractivity contribution in [3.05, 3.63) is 55.7 Å². The molecule has 9 nitrogen and oxygen atoms in total. The van der Waals surface area contributed by atoms with E-state index in [4.69, 9.17) is 23.2 Å². The van der Waals surface area contributed by atoms with Crippen LogP contribution in [0.3, 0.4) is 0 Å². The Balaban J connectivity index is 2.11. The van der Waals surface area contributed by atoms with Gasteiger partial charge in [-0.05, 0) is 37.5 Å². The number of carboxylic acid groups (broad SMARTS) is 1. The van der Waals surface area contributed by atoms with E-state index in [0.717, 1.165) is 5.56 Å². The molecule has 1 aliphatic rings. The molecule has 35 heavy (non-hydrogen) atoms. The highest BCUT2D eigenvalue weighted by molar-refractivity contribution is 6.41. The van der Waals surface area contributed by atoms with E-state index in [1.807, 2.05) is 32.6 Å². The number of nitriles is 1. The van der Waals surface area contributed by atoms with Crippen LogP contribution in [0.25, 0.3) is 16.7 Å². The third-order valence-corrected chi connectivity index (χ3v) is 6.93. The van der Waals surface area contributed by atoms with Crippen molar-refractivity contribution in [2.24, 2.45) is 0 Å². The number of halogens is 2. The summed E-state index contributed by atoms with van der Waals surface area (Å²) in [4.78, 5) is 37.6. The van der Waals surface area contributed by atoms with Crippen molar-refractivity contribution < 1.29 is 9.90 Å². The fourth-order valence-electron chi connectivity index (χ4n) is 4.60. The Morgan fingerprint density at radius 2 is 2.00 bits per heavy atom. The molecule has 1 atom stereocenters. The normalized spacial score (nSPS) is 16.1. The van der Waals surface area contributed by atoms with Gasteiger partial charge >= 0.3 is 6.09 Å². The predicted octanol–water partition coefficient (Wildman–Crippen LogP) is 4.58. The maximum atomic E-state index is 13.9. The summed E-state index contributed by atoms with van der Waals surface area (Å²) in [6, 6.07) is 5.19. The summed E-state index contributed by atoms with van der Waals surface area (Å²) in [6.45, 7) is 8.40. The lowest BCUT2D eigenvalue weighted by atomic mass is 10.0. The Hall–Kier alpha value is -3.35. The highest BCUT2D eigenvalue weighted by atomic mass is 35.5. The van der Waals surface area contributed by atoms with Gasteiger partial charge < -0.3 is 14.9 Å². The number of nitrogens with zero attached hydrogens (tertiary/aromatic N) is 6. The maximum absolute atomic E-state index is 13.9. The molecule has 182 valence electrons. The number of carbonyl (C=O) groups is 1. The van der Waals surface area contributed by atoms with Crippen molar-refractivity contribution in [2.75, 3.05) is 24.5 Å². The molecule has 3 aromatic heterocycles. The molecule has 0 bridgehead atoms. The van der Waals surface area contributed by atoms with Gasteiger partial charge in [-0.1, -0.05) is 37.0 Å². The monoisotopic (exact) mass is 514 g/mol. The summed E-state index contributed by atoms with van der Waals surface area (Å²) in [5, 5.41) is 20.3.